The minimum Gasteiger partial charge on any atom is -0.489 e. The molecule has 2 unspecified atom stereocenters. The van der Waals surface area contributed by atoms with Crippen LogP contribution in [0, 0.1) is 5.82 Å². The van der Waals surface area contributed by atoms with Crippen LogP contribution >= 0.6 is 0 Å². The number of rotatable bonds is 6. The maximum absolute atomic E-state index is 13.7. The molecule has 0 bridgehead atoms. The fourth-order valence-corrected chi connectivity index (χ4v) is 3.57. The topological polar surface area (TPSA) is 66.5 Å². The van der Waals surface area contributed by atoms with Crippen molar-refractivity contribution in [2.75, 3.05) is 13.7 Å². The number of nitrogens with zero attached hydrogens (tertiary/aromatic N) is 2. The van der Waals surface area contributed by atoms with Crippen molar-refractivity contribution in [3.8, 4) is 5.75 Å². The lowest BCUT2D eigenvalue weighted by atomic mass is 10.1. The van der Waals surface area contributed by atoms with Crippen LogP contribution in [0.4, 0.5) is 4.39 Å². The average molecular weight is 394 g/mol. The van der Waals surface area contributed by atoms with Gasteiger partial charge in [0.15, 0.2) is 11.6 Å². The molecule has 3 aromatic rings. The van der Waals surface area contributed by atoms with E-state index in [1.54, 1.807) is 36.3 Å². The molecule has 0 spiro atoms. The Hall–Kier alpha value is -3.03. The van der Waals surface area contributed by atoms with Gasteiger partial charge in [-0.15, -0.1) is 0 Å². The van der Waals surface area contributed by atoms with Crippen LogP contribution in [0.2, 0.25) is 0 Å². The molecule has 2 N–H and O–H groups in total. The van der Waals surface area contributed by atoms with Gasteiger partial charge in [0.05, 0.1) is 6.04 Å². The van der Waals surface area contributed by atoms with Gasteiger partial charge in [0.25, 0.3) is 0 Å². The maximum Gasteiger partial charge on any atom is 0.241 e. The number of hydrogen-bond acceptors (Lipinski definition) is 5. The summed E-state index contributed by atoms with van der Waals surface area (Å²) in [4.78, 5) is 18.7. The number of carbonyl (C=O) groups excluding carboxylic acids is 1. The number of nitrogens with one attached hydrogen (secondary N) is 2. The minimum atomic E-state index is -0.392. The normalized spacial score (nSPS) is 18.7. The van der Waals surface area contributed by atoms with Gasteiger partial charge < -0.3 is 9.64 Å². The summed E-state index contributed by atoms with van der Waals surface area (Å²) in [5.74, 6) is -0.181. The zero-order valence-electron chi connectivity index (χ0n) is 16.1. The third-order valence-corrected chi connectivity index (χ3v) is 5.11. The smallest absolute Gasteiger partial charge is 0.241 e. The molecule has 1 saturated heterocycles. The first-order chi connectivity index (χ1) is 14.1. The second-order valence-corrected chi connectivity index (χ2v) is 7.22. The Morgan fingerprint density at radius 3 is 2.93 bits per heavy atom. The molecule has 1 aliphatic rings. The molecule has 0 radical (unpaired) electrons. The molecule has 150 valence electrons. The molecule has 1 fully saturated rings. The Bertz CT molecular complexity index is 1010. The van der Waals surface area contributed by atoms with Gasteiger partial charge in [-0.2, -0.15) is 0 Å². The van der Waals surface area contributed by atoms with Gasteiger partial charge in [-0.25, -0.2) is 9.82 Å². The molecule has 29 heavy (non-hydrogen) atoms. The molecular formula is C22H23FN4O2. The van der Waals surface area contributed by atoms with Crippen molar-refractivity contribution >= 4 is 16.7 Å². The van der Waals surface area contributed by atoms with Gasteiger partial charge >= 0.3 is 0 Å². The lowest BCUT2D eigenvalue weighted by Crippen LogP contribution is -2.44. The number of likely N-dealkylation sites (N-methyl/N-ethyl adjacent to an activating group) is 1. The van der Waals surface area contributed by atoms with E-state index in [1.165, 1.54) is 6.07 Å². The van der Waals surface area contributed by atoms with Crippen LogP contribution < -0.4 is 15.6 Å². The van der Waals surface area contributed by atoms with Gasteiger partial charge in [-0.3, -0.25) is 15.2 Å². The number of halogens is 1. The van der Waals surface area contributed by atoms with E-state index in [0.29, 0.717) is 13.0 Å². The zero-order chi connectivity index (χ0) is 20.2. The Morgan fingerprint density at radius 2 is 2.07 bits per heavy atom. The van der Waals surface area contributed by atoms with E-state index in [0.717, 1.165) is 16.3 Å². The van der Waals surface area contributed by atoms with E-state index in [4.69, 9.17) is 4.74 Å². The molecule has 4 rings (SSSR count). The summed E-state index contributed by atoms with van der Waals surface area (Å²) in [6, 6.07) is 13.8. The lowest BCUT2D eigenvalue weighted by Gasteiger charge is -2.21. The zero-order valence-corrected chi connectivity index (χ0v) is 16.1. The molecule has 1 aromatic heterocycles. The van der Waals surface area contributed by atoms with Crippen molar-refractivity contribution in [1.29, 1.82) is 0 Å². The van der Waals surface area contributed by atoms with Gasteiger partial charge in [-0.1, -0.05) is 30.3 Å². The number of hydrogen-bond donors (Lipinski definition) is 2. The molecule has 2 aromatic carbocycles. The monoisotopic (exact) mass is 394 g/mol. The van der Waals surface area contributed by atoms with Crippen molar-refractivity contribution in [2.24, 2.45) is 0 Å². The molecule has 7 heteroatoms. The van der Waals surface area contributed by atoms with Crippen molar-refractivity contribution in [3.05, 3.63) is 72.3 Å². The summed E-state index contributed by atoms with van der Waals surface area (Å²) >= 11 is 0. The van der Waals surface area contributed by atoms with Crippen LogP contribution in [-0.4, -0.2) is 41.5 Å². The number of fused-ring (bicyclic) bond motifs is 1. The van der Waals surface area contributed by atoms with Gasteiger partial charge in [0.2, 0.25) is 5.91 Å². The van der Waals surface area contributed by atoms with Crippen LogP contribution in [0.5, 0.6) is 5.75 Å². The third-order valence-electron chi connectivity index (χ3n) is 5.11. The number of ether oxygens (including phenoxy) is 1. The summed E-state index contributed by atoms with van der Waals surface area (Å²) in [6.45, 7) is 0.784. The van der Waals surface area contributed by atoms with Crippen molar-refractivity contribution in [1.82, 2.24) is 20.7 Å². The summed E-state index contributed by atoms with van der Waals surface area (Å²) < 4.78 is 19.2. The highest BCUT2D eigenvalue weighted by atomic mass is 19.1. The van der Waals surface area contributed by atoms with Gasteiger partial charge in [-0.05, 0) is 35.6 Å². The van der Waals surface area contributed by atoms with Crippen LogP contribution in [0.15, 0.2) is 60.9 Å². The Kier molecular flexibility index (Phi) is 5.69. The van der Waals surface area contributed by atoms with Crippen LogP contribution in [0.25, 0.3) is 10.8 Å². The number of hydrazine groups is 1. The predicted molar refractivity (Wildman–Crippen MR) is 109 cm³/mol. The highest BCUT2D eigenvalue weighted by molar-refractivity contribution is 5.86. The number of benzene rings is 2. The van der Waals surface area contributed by atoms with Crippen molar-refractivity contribution in [3.63, 3.8) is 0 Å². The summed E-state index contributed by atoms with van der Waals surface area (Å²) in [5, 5.41) is 2.15. The standard InChI is InChI=1S/C22H23FN4O2/c1-27(13-16-6-4-5-15-12-24-10-9-18(15)16)22(28)20-11-17(25-26-20)14-29-21-8-3-2-7-19(21)23/h2-10,12,17,20,25-26H,11,13-14H2,1H3. The van der Waals surface area contributed by atoms with Crippen LogP contribution in [-0.2, 0) is 11.3 Å². The first kappa shape index (κ1) is 19.3. The second-order valence-electron chi connectivity index (χ2n) is 7.22. The van der Waals surface area contributed by atoms with Crippen molar-refractivity contribution in [2.45, 2.75) is 25.0 Å². The number of para-hydroxylation sites is 1. The molecule has 2 heterocycles. The van der Waals surface area contributed by atoms with E-state index < -0.39 is 5.82 Å². The molecule has 6 nitrogen and oxygen atoms in total. The number of carbonyl (C=O) groups is 1. The summed E-state index contributed by atoms with van der Waals surface area (Å²) in [7, 11) is 1.80. The largest absolute Gasteiger partial charge is 0.489 e. The molecule has 1 amide bonds. The Morgan fingerprint density at radius 1 is 1.21 bits per heavy atom. The average Bonchev–Trinajstić information content (AvgIpc) is 3.22. The Labute approximate surface area is 168 Å². The number of aromatic nitrogens is 1. The van der Waals surface area contributed by atoms with E-state index in [2.05, 4.69) is 15.8 Å². The molecule has 2 atom stereocenters. The van der Waals surface area contributed by atoms with E-state index in [-0.39, 0.29) is 30.3 Å². The first-order valence-corrected chi connectivity index (χ1v) is 9.57. The van der Waals surface area contributed by atoms with Crippen molar-refractivity contribution < 1.29 is 13.9 Å². The number of pyridine rings is 1. The lowest BCUT2D eigenvalue weighted by molar-refractivity contribution is -0.132. The summed E-state index contributed by atoms with van der Waals surface area (Å²) in [5.41, 5.74) is 7.18. The quantitative estimate of drug-likeness (QED) is 0.673. The number of amides is 1. The summed E-state index contributed by atoms with van der Waals surface area (Å²) in [6.07, 6.45) is 4.15. The Balaban J connectivity index is 1.34. The van der Waals surface area contributed by atoms with Crippen LogP contribution in [0.1, 0.15) is 12.0 Å². The van der Waals surface area contributed by atoms with E-state index in [1.807, 2.05) is 30.5 Å². The van der Waals surface area contributed by atoms with E-state index in [9.17, 15) is 9.18 Å². The fourth-order valence-electron chi connectivity index (χ4n) is 3.57. The predicted octanol–water partition coefficient (Wildman–Crippen LogP) is 2.65. The highest BCUT2D eigenvalue weighted by Crippen LogP contribution is 2.20. The highest BCUT2D eigenvalue weighted by Gasteiger charge is 2.31. The molecular weight excluding hydrogens is 371 g/mol. The van der Waals surface area contributed by atoms with E-state index >= 15 is 0 Å². The molecule has 1 aliphatic heterocycles. The van der Waals surface area contributed by atoms with Gasteiger partial charge in [0, 0.05) is 31.4 Å². The SMILES string of the molecule is CN(Cc1cccc2cnccc12)C(=O)C1CC(COc2ccccc2F)NN1. The molecule has 0 aliphatic carbocycles. The fraction of sp³-hybridized carbons (Fsp3) is 0.273. The first-order valence-electron chi connectivity index (χ1n) is 9.57. The van der Waals surface area contributed by atoms with Gasteiger partial charge in [0.1, 0.15) is 12.6 Å². The third kappa shape index (κ3) is 4.36. The van der Waals surface area contributed by atoms with Crippen LogP contribution in [0.3, 0.4) is 0 Å². The minimum absolute atomic E-state index is 0.00282. The maximum atomic E-state index is 13.7. The molecule has 0 saturated carbocycles. The second kappa shape index (κ2) is 8.55.